The zero-order valence-electron chi connectivity index (χ0n) is 22.0. The summed E-state index contributed by atoms with van der Waals surface area (Å²) in [6.45, 7) is 2.61. The van der Waals surface area contributed by atoms with Crippen molar-refractivity contribution in [3.8, 4) is 11.5 Å². The Morgan fingerprint density at radius 1 is 0.842 bits per heavy atom. The fourth-order valence-corrected chi connectivity index (χ4v) is 4.81. The van der Waals surface area contributed by atoms with E-state index in [4.69, 9.17) is 9.47 Å². The maximum absolute atomic E-state index is 13.5. The van der Waals surface area contributed by atoms with E-state index in [0.29, 0.717) is 25.4 Å². The minimum atomic E-state index is -0.981. The molecule has 7 nitrogen and oxygen atoms in total. The number of hydrogen-bond acceptors (Lipinski definition) is 5. The van der Waals surface area contributed by atoms with Crippen LogP contribution in [0.25, 0.3) is 0 Å². The van der Waals surface area contributed by atoms with Gasteiger partial charge in [-0.05, 0) is 73.0 Å². The van der Waals surface area contributed by atoms with Gasteiger partial charge in [0.25, 0.3) is 5.91 Å². The van der Waals surface area contributed by atoms with E-state index in [2.05, 4.69) is 17.0 Å². The Morgan fingerprint density at radius 3 is 2.26 bits per heavy atom. The van der Waals surface area contributed by atoms with E-state index in [1.165, 1.54) is 0 Å². The van der Waals surface area contributed by atoms with Gasteiger partial charge in [-0.2, -0.15) is 0 Å². The van der Waals surface area contributed by atoms with Crippen LogP contribution >= 0.6 is 0 Å². The number of methoxy groups -OCH3 is 1. The molecule has 1 heterocycles. The van der Waals surface area contributed by atoms with E-state index in [1.807, 2.05) is 42.5 Å². The highest BCUT2D eigenvalue weighted by molar-refractivity contribution is 5.96. The van der Waals surface area contributed by atoms with Gasteiger partial charge in [0.1, 0.15) is 11.5 Å². The second-order valence-corrected chi connectivity index (χ2v) is 9.62. The summed E-state index contributed by atoms with van der Waals surface area (Å²) in [6.07, 6.45) is 5.21. The predicted molar refractivity (Wildman–Crippen MR) is 148 cm³/mol. The monoisotopic (exact) mass is 516 g/mol. The number of carbonyl (C=O) groups excluding carboxylic acids is 1. The molecular weight excluding hydrogens is 480 g/mol. The minimum Gasteiger partial charge on any atom is -0.497 e. The van der Waals surface area contributed by atoms with E-state index in [0.717, 1.165) is 61.2 Å². The van der Waals surface area contributed by atoms with Gasteiger partial charge < -0.3 is 19.5 Å². The first-order valence-electron chi connectivity index (χ1n) is 13.2. The molecule has 0 atom stereocenters. The highest BCUT2D eigenvalue weighted by atomic mass is 16.5. The first-order chi connectivity index (χ1) is 18.5. The topological polar surface area (TPSA) is 79.3 Å². The average molecular weight is 517 g/mol. The normalized spacial score (nSPS) is 15.0. The second kappa shape index (κ2) is 13.6. The van der Waals surface area contributed by atoms with Crippen LogP contribution in [0.5, 0.6) is 11.5 Å². The van der Waals surface area contributed by atoms with Crippen molar-refractivity contribution < 1.29 is 24.2 Å². The third-order valence-electron chi connectivity index (χ3n) is 6.84. The van der Waals surface area contributed by atoms with E-state index in [-0.39, 0.29) is 18.1 Å². The third kappa shape index (κ3) is 7.59. The number of carboxylic acids is 1. The number of carbonyl (C=O) groups is 2. The standard InChI is InChI=1S/C31H36N2O5/c1-37-27-15-12-24(13-16-27)21-32-18-8-3-2-4-9-19-33(30(34)23-38-28-10-6-5-7-11-28)29-17-14-25(31(35)36)20-26(29)22-32/h5-7,10-17,20H,2-4,8-9,18-19,21-23H2,1H3,(H,35,36). The van der Waals surface area contributed by atoms with Gasteiger partial charge in [-0.25, -0.2) is 4.79 Å². The molecule has 1 N–H and O–H groups in total. The zero-order chi connectivity index (χ0) is 26.7. The van der Waals surface area contributed by atoms with Crippen LogP contribution < -0.4 is 14.4 Å². The Hall–Kier alpha value is -3.84. The summed E-state index contributed by atoms with van der Waals surface area (Å²) >= 11 is 0. The molecule has 4 rings (SSSR count). The van der Waals surface area contributed by atoms with Crippen LogP contribution in [0.2, 0.25) is 0 Å². The number of hydrogen-bond donors (Lipinski definition) is 1. The first-order valence-corrected chi connectivity index (χ1v) is 13.2. The number of aromatic carboxylic acids is 1. The van der Waals surface area contributed by atoms with Gasteiger partial charge in [-0.15, -0.1) is 0 Å². The Labute approximate surface area is 224 Å². The van der Waals surface area contributed by atoms with Crippen molar-refractivity contribution in [1.82, 2.24) is 4.90 Å². The number of carboxylic acid groups (broad SMARTS) is 1. The number of ether oxygens (including phenoxy) is 2. The van der Waals surface area contributed by atoms with Crippen LogP contribution in [0.15, 0.2) is 72.8 Å². The fourth-order valence-electron chi connectivity index (χ4n) is 4.81. The predicted octanol–water partition coefficient (Wildman–Crippen LogP) is 5.77. The van der Waals surface area contributed by atoms with Crippen molar-refractivity contribution in [3.63, 3.8) is 0 Å². The molecule has 200 valence electrons. The molecule has 0 radical (unpaired) electrons. The summed E-state index contributed by atoms with van der Waals surface area (Å²) in [5.41, 5.74) is 2.94. The molecule has 38 heavy (non-hydrogen) atoms. The lowest BCUT2D eigenvalue weighted by atomic mass is 10.0. The molecule has 0 aliphatic carbocycles. The summed E-state index contributed by atoms with van der Waals surface area (Å²) in [4.78, 5) is 29.4. The maximum Gasteiger partial charge on any atom is 0.335 e. The third-order valence-corrected chi connectivity index (χ3v) is 6.84. The SMILES string of the molecule is COc1ccc(CN2CCCCCCCN(C(=O)COc3ccccc3)c3ccc(C(=O)O)cc3C2)cc1. The summed E-state index contributed by atoms with van der Waals surface area (Å²) in [6, 6.07) is 22.4. The molecule has 0 fully saturated rings. The molecule has 0 saturated heterocycles. The number of benzene rings is 3. The van der Waals surface area contributed by atoms with Gasteiger partial charge in [0.15, 0.2) is 6.61 Å². The van der Waals surface area contributed by atoms with Crippen molar-refractivity contribution in [2.45, 2.75) is 45.2 Å². The number of para-hydroxylation sites is 1. The van der Waals surface area contributed by atoms with Crippen molar-refractivity contribution in [2.24, 2.45) is 0 Å². The van der Waals surface area contributed by atoms with Crippen LogP contribution in [0.4, 0.5) is 5.69 Å². The lowest BCUT2D eigenvalue weighted by Gasteiger charge is -2.29. The molecule has 0 spiro atoms. The Morgan fingerprint density at radius 2 is 1.55 bits per heavy atom. The van der Waals surface area contributed by atoms with Crippen LogP contribution in [0.1, 0.15) is 53.6 Å². The lowest BCUT2D eigenvalue weighted by Crippen LogP contribution is -2.37. The van der Waals surface area contributed by atoms with Crippen LogP contribution in [0.3, 0.4) is 0 Å². The molecule has 3 aromatic rings. The van der Waals surface area contributed by atoms with Gasteiger partial charge in [0.05, 0.1) is 12.7 Å². The van der Waals surface area contributed by atoms with E-state index >= 15 is 0 Å². The molecule has 1 aliphatic rings. The van der Waals surface area contributed by atoms with Crippen molar-refractivity contribution in [2.75, 3.05) is 31.7 Å². The summed E-state index contributed by atoms with van der Waals surface area (Å²) in [5, 5.41) is 9.70. The lowest BCUT2D eigenvalue weighted by molar-refractivity contribution is -0.120. The molecule has 0 aromatic heterocycles. The second-order valence-electron chi connectivity index (χ2n) is 9.62. The van der Waals surface area contributed by atoms with Crippen molar-refractivity contribution in [3.05, 3.63) is 89.5 Å². The zero-order valence-corrected chi connectivity index (χ0v) is 22.0. The van der Waals surface area contributed by atoms with E-state index < -0.39 is 5.97 Å². The highest BCUT2D eigenvalue weighted by Gasteiger charge is 2.22. The summed E-state index contributed by atoms with van der Waals surface area (Å²) in [5.74, 6) is 0.330. The van der Waals surface area contributed by atoms with Crippen LogP contribution in [-0.2, 0) is 17.9 Å². The Bertz CT molecular complexity index is 1200. The highest BCUT2D eigenvalue weighted by Crippen LogP contribution is 2.27. The van der Waals surface area contributed by atoms with Crippen molar-refractivity contribution >= 4 is 17.6 Å². The van der Waals surface area contributed by atoms with Gasteiger partial charge >= 0.3 is 5.97 Å². The summed E-state index contributed by atoms with van der Waals surface area (Å²) in [7, 11) is 1.65. The average Bonchev–Trinajstić information content (AvgIpc) is 2.93. The number of nitrogens with zero attached hydrogens (tertiary/aromatic N) is 2. The van der Waals surface area contributed by atoms with Gasteiger partial charge in [0, 0.05) is 25.3 Å². The summed E-state index contributed by atoms with van der Waals surface area (Å²) < 4.78 is 11.1. The Kier molecular flexibility index (Phi) is 9.76. The van der Waals surface area contributed by atoms with Crippen molar-refractivity contribution in [1.29, 1.82) is 0 Å². The van der Waals surface area contributed by atoms with E-state index in [9.17, 15) is 14.7 Å². The molecule has 0 saturated carbocycles. The molecule has 1 amide bonds. The van der Waals surface area contributed by atoms with Gasteiger partial charge in [-0.3, -0.25) is 9.69 Å². The number of fused-ring (bicyclic) bond motifs is 1. The number of anilines is 1. The fraction of sp³-hybridized carbons (Fsp3) is 0.355. The molecule has 7 heteroatoms. The minimum absolute atomic E-state index is 0.0836. The molecular formula is C31H36N2O5. The van der Waals surface area contributed by atoms with Crippen LogP contribution in [-0.4, -0.2) is 48.7 Å². The molecule has 3 aromatic carbocycles. The quantitative estimate of drug-likeness (QED) is 0.429. The number of rotatable bonds is 7. The molecule has 0 bridgehead atoms. The Balaban J connectivity index is 1.63. The van der Waals surface area contributed by atoms with Gasteiger partial charge in [0.2, 0.25) is 0 Å². The number of amides is 1. The first kappa shape index (κ1) is 27.2. The smallest absolute Gasteiger partial charge is 0.335 e. The maximum atomic E-state index is 13.5. The van der Waals surface area contributed by atoms with Crippen LogP contribution in [0, 0.1) is 0 Å². The molecule has 0 unspecified atom stereocenters. The van der Waals surface area contributed by atoms with E-state index in [1.54, 1.807) is 30.2 Å². The van der Waals surface area contributed by atoms with Gasteiger partial charge in [-0.1, -0.05) is 49.6 Å². The largest absolute Gasteiger partial charge is 0.497 e. The molecule has 1 aliphatic heterocycles.